The summed E-state index contributed by atoms with van der Waals surface area (Å²) in [5.74, 6) is -1.65. The summed E-state index contributed by atoms with van der Waals surface area (Å²) in [6.07, 6.45) is 0. The van der Waals surface area contributed by atoms with E-state index < -0.39 is 32.2 Å². The molecular formula is C19H22FN3O5S. The SMILES string of the molecule is CCN(CC)S(=O)(=O)c1ccc(F)c(C(=O)N(C)Cc2ccccc2[N+](=O)[O-])c1. The molecule has 0 aliphatic heterocycles. The second-order valence-corrected chi connectivity index (χ2v) is 8.22. The van der Waals surface area contributed by atoms with E-state index in [1.807, 2.05) is 0 Å². The Labute approximate surface area is 168 Å². The predicted octanol–water partition coefficient (Wildman–Crippen LogP) is 3.04. The number of benzene rings is 2. The van der Waals surface area contributed by atoms with Gasteiger partial charge in [0.25, 0.3) is 11.6 Å². The Bertz CT molecular complexity index is 1020. The highest BCUT2D eigenvalue weighted by atomic mass is 32.2. The van der Waals surface area contributed by atoms with Gasteiger partial charge in [0.05, 0.1) is 21.9 Å². The van der Waals surface area contributed by atoms with Gasteiger partial charge in [0.2, 0.25) is 10.0 Å². The molecule has 8 nitrogen and oxygen atoms in total. The number of para-hydroxylation sites is 1. The normalized spacial score (nSPS) is 11.5. The maximum absolute atomic E-state index is 14.3. The fraction of sp³-hybridized carbons (Fsp3) is 0.316. The van der Waals surface area contributed by atoms with E-state index in [1.54, 1.807) is 19.9 Å². The average molecular weight is 423 g/mol. The fourth-order valence-corrected chi connectivity index (χ4v) is 4.38. The van der Waals surface area contributed by atoms with Gasteiger partial charge in [-0.05, 0) is 18.2 Å². The zero-order chi connectivity index (χ0) is 21.8. The van der Waals surface area contributed by atoms with Crippen molar-refractivity contribution in [3.8, 4) is 0 Å². The molecule has 2 aromatic rings. The molecule has 0 heterocycles. The van der Waals surface area contributed by atoms with Crippen molar-refractivity contribution < 1.29 is 22.5 Å². The third kappa shape index (κ3) is 4.77. The largest absolute Gasteiger partial charge is 0.337 e. The highest BCUT2D eigenvalue weighted by Crippen LogP contribution is 2.23. The first-order valence-electron chi connectivity index (χ1n) is 8.90. The first-order valence-corrected chi connectivity index (χ1v) is 10.3. The summed E-state index contributed by atoms with van der Waals surface area (Å²) in [5.41, 5.74) is -0.300. The fourth-order valence-electron chi connectivity index (χ4n) is 2.90. The molecule has 10 heteroatoms. The van der Waals surface area contributed by atoms with Crippen molar-refractivity contribution >= 4 is 21.6 Å². The number of sulfonamides is 1. The van der Waals surface area contributed by atoms with Crippen LogP contribution >= 0.6 is 0 Å². The number of nitro benzene ring substituents is 1. The lowest BCUT2D eigenvalue weighted by Gasteiger charge is -2.20. The summed E-state index contributed by atoms with van der Waals surface area (Å²) in [4.78, 5) is 24.2. The van der Waals surface area contributed by atoms with Gasteiger partial charge in [-0.25, -0.2) is 12.8 Å². The number of carbonyl (C=O) groups excluding carboxylic acids is 1. The molecule has 0 N–H and O–H groups in total. The summed E-state index contributed by atoms with van der Waals surface area (Å²) in [6, 6.07) is 8.96. The third-order valence-electron chi connectivity index (χ3n) is 4.45. The van der Waals surface area contributed by atoms with Crippen molar-refractivity contribution in [1.29, 1.82) is 0 Å². The molecule has 0 fully saturated rings. The van der Waals surface area contributed by atoms with Gasteiger partial charge in [0, 0.05) is 31.8 Å². The molecule has 29 heavy (non-hydrogen) atoms. The monoisotopic (exact) mass is 423 g/mol. The number of halogens is 1. The van der Waals surface area contributed by atoms with Crippen LogP contribution in [0.3, 0.4) is 0 Å². The minimum absolute atomic E-state index is 0.136. The molecule has 0 aromatic heterocycles. The van der Waals surface area contributed by atoms with Crippen molar-refractivity contribution in [2.45, 2.75) is 25.3 Å². The number of hydrogen-bond donors (Lipinski definition) is 0. The van der Waals surface area contributed by atoms with Gasteiger partial charge in [-0.3, -0.25) is 14.9 Å². The van der Waals surface area contributed by atoms with Crippen LogP contribution in [-0.2, 0) is 16.6 Å². The van der Waals surface area contributed by atoms with Crippen molar-refractivity contribution in [1.82, 2.24) is 9.21 Å². The van der Waals surface area contributed by atoms with Gasteiger partial charge in [0.15, 0.2) is 0 Å². The summed E-state index contributed by atoms with van der Waals surface area (Å²) in [5, 5.41) is 11.1. The molecule has 2 aromatic carbocycles. The highest BCUT2D eigenvalue weighted by molar-refractivity contribution is 7.89. The number of rotatable bonds is 8. The van der Waals surface area contributed by atoms with Gasteiger partial charge in [-0.2, -0.15) is 4.31 Å². The van der Waals surface area contributed by atoms with Crippen molar-refractivity contribution in [2.24, 2.45) is 0 Å². The smallest absolute Gasteiger partial charge is 0.274 e. The lowest BCUT2D eigenvalue weighted by atomic mass is 10.1. The molecule has 0 radical (unpaired) electrons. The van der Waals surface area contributed by atoms with Crippen LogP contribution in [0.2, 0.25) is 0 Å². The maximum atomic E-state index is 14.3. The predicted molar refractivity (Wildman–Crippen MR) is 105 cm³/mol. The van der Waals surface area contributed by atoms with Crippen molar-refractivity contribution in [3.63, 3.8) is 0 Å². The van der Waals surface area contributed by atoms with Crippen LogP contribution in [0, 0.1) is 15.9 Å². The van der Waals surface area contributed by atoms with Gasteiger partial charge in [-0.15, -0.1) is 0 Å². The van der Waals surface area contributed by atoms with E-state index in [0.29, 0.717) is 0 Å². The molecule has 1 amide bonds. The zero-order valence-electron chi connectivity index (χ0n) is 16.3. The van der Waals surface area contributed by atoms with E-state index in [0.717, 1.165) is 23.1 Å². The first-order chi connectivity index (χ1) is 13.6. The lowest BCUT2D eigenvalue weighted by Crippen LogP contribution is -2.31. The average Bonchev–Trinajstić information content (AvgIpc) is 2.68. The Morgan fingerprint density at radius 3 is 2.34 bits per heavy atom. The van der Waals surface area contributed by atoms with Gasteiger partial charge < -0.3 is 4.90 Å². The summed E-state index contributed by atoms with van der Waals surface area (Å²) >= 11 is 0. The van der Waals surface area contributed by atoms with Crippen LogP contribution in [0.5, 0.6) is 0 Å². The van der Waals surface area contributed by atoms with Crippen molar-refractivity contribution in [2.75, 3.05) is 20.1 Å². The number of carbonyl (C=O) groups is 1. The topological polar surface area (TPSA) is 101 Å². The molecule has 0 unspecified atom stereocenters. The number of amides is 1. The molecule has 0 atom stereocenters. The molecule has 0 aliphatic rings. The van der Waals surface area contributed by atoms with Gasteiger partial charge in [-0.1, -0.05) is 32.0 Å². The summed E-state index contributed by atoms with van der Waals surface area (Å²) in [6.45, 7) is 3.69. The van der Waals surface area contributed by atoms with Gasteiger partial charge >= 0.3 is 0 Å². The molecule has 0 saturated heterocycles. The van der Waals surface area contributed by atoms with E-state index >= 15 is 0 Å². The van der Waals surface area contributed by atoms with Gasteiger partial charge in [0.1, 0.15) is 5.82 Å². The highest BCUT2D eigenvalue weighted by Gasteiger charge is 2.26. The lowest BCUT2D eigenvalue weighted by molar-refractivity contribution is -0.385. The summed E-state index contributed by atoms with van der Waals surface area (Å²) < 4.78 is 40.8. The first kappa shape index (κ1) is 22.4. The van der Waals surface area contributed by atoms with Crippen LogP contribution in [0.25, 0.3) is 0 Å². The molecule has 2 rings (SSSR count). The van der Waals surface area contributed by atoms with Crippen LogP contribution < -0.4 is 0 Å². The van der Waals surface area contributed by atoms with E-state index in [1.165, 1.54) is 29.6 Å². The third-order valence-corrected chi connectivity index (χ3v) is 6.50. The molecule has 0 spiro atoms. The summed E-state index contributed by atoms with van der Waals surface area (Å²) in [7, 11) is -2.50. The standard InChI is InChI=1S/C19H22FN3O5S/c1-4-22(5-2)29(27,28)15-10-11-17(20)16(12-15)19(24)21(3)13-14-8-6-7-9-18(14)23(25)26/h6-12H,4-5,13H2,1-3H3. The molecular weight excluding hydrogens is 401 g/mol. The van der Waals surface area contributed by atoms with Crippen molar-refractivity contribution in [3.05, 3.63) is 69.5 Å². The molecule has 0 saturated carbocycles. The number of nitro groups is 1. The van der Waals surface area contributed by atoms with E-state index in [-0.39, 0.29) is 35.8 Å². The van der Waals surface area contributed by atoms with Crippen LogP contribution in [0.4, 0.5) is 10.1 Å². The Hall–Kier alpha value is -2.85. The Morgan fingerprint density at radius 1 is 1.14 bits per heavy atom. The second-order valence-electron chi connectivity index (χ2n) is 6.28. The van der Waals surface area contributed by atoms with Crippen LogP contribution in [-0.4, -0.2) is 48.6 Å². The Kier molecular flexibility index (Phi) is 7.04. The van der Waals surface area contributed by atoms with E-state index in [9.17, 15) is 27.7 Å². The quantitative estimate of drug-likeness (QED) is 0.480. The Balaban J connectivity index is 2.37. The maximum Gasteiger partial charge on any atom is 0.274 e. The zero-order valence-corrected chi connectivity index (χ0v) is 17.1. The minimum Gasteiger partial charge on any atom is -0.337 e. The second kappa shape index (κ2) is 9.10. The van der Waals surface area contributed by atoms with Crippen LogP contribution in [0.15, 0.2) is 47.4 Å². The molecule has 0 bridgehead atoms. The van der Waals surface area contributed by atoms with E-state index in [4.69, 9.17) is 0 Å². The minimum atomic E-state index is -3.87. The molecule has 0 aliphatic carbocycles. The van der Waals surface area contributed by atoms with E-state index in [2.05, 4.69) is 0 Å². The number of hydrogen-bond acceptors (Lipinski definition) is 5. The molecule has 156 valence electrons. The Morgan fingerprint density at radius 2 is 1.76 bits per heavy atom. The number of nitrogens with zero attached hydrogens (tertiary/aromatic N) is 3. The van der Waals surface area contributed by atoms with Crippen LogP contribution in [0.1, 0.15) is 29.8 Å².